The van der Waals surface area contributed by atoms with E-state index in [1.807, 2.05) is 0 Å². The van der Waals surface area contributed by atoms with Gasteiger partial charge in [0.25, 0.3) is 0 Å². The average Bonchev–Trinajstić information content (AvgIpc) is 2.82. The number of halogens is 5. The summed E-state index contributed by atoms with van der Waals surface area (Å²) in [6.45, 7) is 0. The Labute approximate surface area is 133 Å². The zero-order chi connectivity index (χ0) is 16.8. The molecule has 7 heteroatoms. The maximum Gasteiger partial charge on any atom is 0.416 e. The number of rotatable bonds is 2. The summed E-state index contributed by atoms with van der Waals surface area (Å²) in [5.74, 6) is -1.72. The maximum absolute atomic E-state index is 13.7. The minimum atomic E-state index is -4.60. The SMILES string of the molecule is O=C1O[C@H](c2ccccc2C(F)(F)F)c2cc(CCl)c(F)cc21. The van der Waals surface area contributed by atoms with Crippen LogP contribution in [0, 0.1) is 5.82 Å². The Hall–Kier alpha value is -2.08. The fourth-order valence-corrected chi connectivity index (χ4v) is 2.79. The van der Waals surface area contributed by atoms with E-state index in [9.17, 15) is 22.4 Å². The average molecular weight is 345 g/mol. The first-order chi connectivity index (χ1) is 10.8. The van der Waals surface area contributed by atoms with Gasteiger partial charge in [-0.1, -0.05) is 18.2 Å². The van der Waals surface area contributed by atoms with Crippen molar-refractivity contribution in [3.63, 3.8) is 0 Å². The van der Waals surface area contributed by atoms with Gasteiger partial charge in [-0.25, -0.2) is 9.18 Å². The molecule has 1 heterocycles. The molecule has 0 aromatic heterocycles. The highest BCUT2D eigenvalue weighted by Crippen LogP contribution is 2.42. The van der Waals surface area contributed by atoms with Crippen molar-refractivity contribution >= 4 is 17.6 Å². The molecule has 1 aliphatic rings. The molecule has 0 bridgehead atoms. The van der Waals surface area contributed by atoms with E-state index in [1.54, 1.807) is 0 Å². The topological polar surface area (TPSA) is 26.3 Å². The molecular formula is C16H9ClF4O2. The lowest BCUT2D eigenvalue weighted by molar-refractivity contribution is -0.139. The van der Waals surface area contributed by atoms with Gasteiger partial charge in [-0.05, 0) is 18.2 Å². The first kappa shape index (κ1) is 15.8. The molecule has 2 aromatic rings. The molecule has 3 rings (SSSR count). The second-order valence-corrected chi connectivity index (χ2v) is 5.30. The molecule has 0 spiro atoms. The summed E-state index contributed by atoms with van der Waals surface area (Å²) in [4.78, 5) is 11.9. The molecule has 1 aliphatic heterocycles. The first-order valence-electron chi connectivity index (χ1n) is 6.58. The van der Waals surface area contributed by atoms with Gasteiger partial charge in [0.1, 0.15) is 5.82 Å². The summed E-state index contributed by atoms with van der Waals surface area (Å²) in [6, 6.07) is 7.04. The standard InChI is InChI=1S/C16H9ClF4O2/c17-7-8-5-10-11(6-13(8)18)15(22)23-14(10)9-3-1-2-4-12(9)16(19,20)21/h1-6,14H,7H2/t14-/m1/s1. The second kappa shape index (κ2) is 5.53. The number of carbonyl (C=O) groups excluding carboxylic acids is 1. The quantitative estimate of drug-likeness (QED) is 0.442. The number of esters is 1. The summed E-state index contributed by atoms with van der Waals surface area (Å²) in [7, 11) is 0. The van der Waals surface area contributed by atoms with Crippen LogP contribution in [0.4, 0.5) is 17.6 Å². The van der Waals surface area contributed by atoms with E-state index in [0.717, 1.165) is 12.1 Å². The van der Waals surface area contributed by atoms with Crippen molar-refractivity contribution < 1.29 is 27.1 Å². The zero-order valence-corrected chi connectivity index (χ0v) is 12.2. The molecule has 0 amide bonds. The van der Waals surface area contributed by atoms with E-state index in [1.165, 1.54) is 24.3 Å². The highest BCUT2D eigenvalue weighted by atomic mass is 35.5. The molecular weight excluding hydrogens is 336 g/mol. The summed E-state index contributed by atoms with van der Waals surface area (Å²) < 4.78 is 58.3. The van der Waals surface area contributed by atoms with Gasteiger partial charge in [0.2, 0.25) is 0 Å². The third-order valence-electron chi connectivity index (χ3n) is 3.64. The van der Waals surface area contributed by atoms with Crippen LogP contribution >= 0.6 is 11.6 Å². The van der Waals surface area contributed by atoms with Gasteiger partial charge in [-0.2, -0.15) is 13.2 Å². The Kier molecular flexibility index (Phi) is 3.80. The minimum Gasteiger partial charge on any atom is -0.449 e. The number of cyclic esters (lactones) is 1. The number of benzene rings is 2. The van der Waals surface area contributed by atoms with Gasteiger partial charge in [0.05, 0.1) is 17.0 Å². The van der Waals surface area contributed by atoms with E-state index in [2.05, 4.69) is 0 Å². The van der Waals surface area contributed by atoms with E-state index in [4.69, 9.17) is 16.3 Å². The monoisotopic (exact) mass is 344 g/mol. The molecule has 0 saturated carbocycles. The van der Waals surface area contributed by atoms with Crippen molar-refractivity contribution in [1.82, 2.24) is 0 Å². The van der Waals surface area contributed by atoms with Crippen LogP contribution in [0.5, 0.6) is 0 Å². The Balaban J connectivity index is 2.18. The Morgan fingerprint density at radius 3 is 2.48 bits per heavy atom. The van der Waals surface area contributed by atoms with Crippen LogP contribution < -0.4 is 0 Å². The molecule has 0 N–H and O–H groups in total. The van der Waals surface area contributed by atoms with Gasteiger partial charge in [0.15, 0.2) is 6.10 Å². The van der Waals surface area contributed by atoms with Crippen molar-refractivity contribution in [2.45, 2.75) is 18.2 Å². The highest BCUT2D eigenvalue weighted by Gasteiger charge is 2.40. The van der Waals surface area contributed by atoms with Crippen LogP contribution in [0.2, 0.25) is 0 Å². The predicted octanol–water partition coefficient (Wildman–Crippen LogP) is 4.84. The normalized spacial score (nSPS) is 17.1. The number of fused-ring (bicyclic) bond motifs is 1. The summed E-state index contributed by atoms with van der Waals surface area (Å²) in [5, 5.41) is 0. The number of hydrogen-bond donors (Lipinski definition) is 0. The molecule has 23 heavy (non-hydrogen) atoms. The predicted molar refractivity (Wildman–Crippen MR) is 74.7 cm³/mol. The van der Waals surface area contributed by atoms with Crippen LogP contribution in [0.25, 0.3) is 0 Å². The molecule has 0 aliphatic carbocycles. The number of alkyl halides is 4. The number of ether oxygens (including phenoxy) is 1. The summed E-state index contributed by atoms with van der Waals surface area (Å²) >= 11 is 5.62. The lowest BCUT2D eigenvalue weighted by Gasteiger charge is -2.18. The van der Waals surface area contributed by atoms with Crippen LogP contribution in [0.3, 0.4) is 0 Å². The first-order valence-corrected chi connectivity index (χ1v) is 7.11. The molecule has 1 atom stereocenters. The van der Waals surface area contributed by atoms with Crippen LogP contribution in [0.1, 0.15) is 38.7 Å². The maximum atomic E-state index is 13.7. The second-order valence-electron chi connectivity index (χ2n) is 5.03. The molecule has 2 aromatic carbocycles. The van der Waals surface area contributed by atoms with Crippen LogP contribution in [-0.4, -0.2) is 5.97 Å². The smallest absolute Gasteiger partial charge is 0.416 e. The van der Waals surface area contributed by atoms with Crippen molar-refractivity contribution in [2.75, 3.05) is 0 Å². The van der Waals surface area contributed by atoms with Crippen molar-refractivity contribution in [2.24, 2.45) is 0 Å². The van der Waals surface area contributed by atoms with Crippen molar-refractivity contribution in [3.05, 3.63) is 70.0 Å². The minimum absolute atomic E-state index is 0.0849. The van der Waals surface area contributed by atoms with E-state index in [-0.39, 0.29) is 28.1 Å². The highest BCUT2D eigenvalue weighted by molar-refractivity contribution is 6.17. The van der Waals surface area contributed by atoms with Crippen LogP contribution in [-0.2, 0) is 16.8 Å². The summed E-state index contributed by atoms with van der Waals surface area (Å²) in [5.41, 5.74) is -0.901. The van der Waals surface area contributed by atoms with Crippen molar-refractivity contribution in [3.8, 4) is 0 Å². The summed E-state index contributed by atoms with van der Waals surface area (Å²) in [6.07, 6.45) is -5.83. The van der Waals surface area contributed by atoms with Gasteiger partial charge in [0, 0.05) is 16.7 Å². The van der Waals surface area contributed by atoms with Crippen LogP contribution in [0.15, 0.2) is 36.4 Å². The fraction of sp³-hybridized carbons (Fsp3) is 0.188. The van der Waals surface area contributed by atoms with Gasteiger partial charge >= 0.3 is 12.1 Å². The zero-order valence-electron chi connectivity index (χ0n) is 11.5. The molecule has 0 saturated heterocycles. The Bertz CT molecular complexity index is 786. The molecule has 0 unspecified atom stereocenters. The van der Waals surface area contributed by atoms with E-state index in [0.29, 0.717) is 0 Å². The molecule has 0 radical (unpaired) electrons. The lowest BCUT2D eigenvalue weighted by atomic mass is 9.94. The molecule has 0 fully saturated rings. The van der Waals surface area contributed by atoms with E-state index >= 15 is 0 Å². The largest absolute Gasteiger partial charge is 0.449 e. The Morgan fingerprint density at radius 2 is 1.83 bits per heavy atom. The third-order valence-corrected chi connectivity index (χ3v) is 3.93. The Morgan fingerprint density at radius 1 is 1.13 bits per heavy atom. The third kappa shape index (κ3) is 2.67. The molecule has 120 valence electrons. The van der Waals surface area contributed by atoms with Gasteiger partial charge in [-0.3, -0.25) is 0 Å². The molecule has 2 nitrogen and oxygen atoms in total. The number of hydrogen-bond acceptors (Lipinski definition) is 2. The van der Waals surface area contributed by atoms with Crippen molar-refractivity contribution in [1.29, 1.82) is 0 Å². The van der Waals surface area contributed by atoms with Gasteiger partial charge < -0.3 is 4.74 Å². The van der Waals surface area contributed by atoms with E-state index < -0.39 is 29.6 Å². The number of carbonyl (C=O) groups is 1. The van der Waals surface area contributed by atoms with Gasteiger partial charge in [-0.15, -0.1) is 11.6 Å². The fourth-order valence-electron chi connectivity index (χ4n) is 2.58. The lowest BCUT2D eigenvalue weighted by Crippen LogP contribution is -2.13.